The fraction of sp³-hybridized carbons (Fsp3) is 0.316. The van der Waals surface area contributed by atoms with Crippen molar-refractivity contribution in [2.75, 3.05) is 7.05 Å². The van der Waals surface area contributed by atoms with Crippen molar-refractivity contribution in [2.45, 2.75) is 37.8 Å². The van der Waals surface area contributed by atoms with E-state index in [-0.39, 0.29) is 23.2 Å². The highest BCUT2D eigenvalue weighted by molar-refractivity contribution is 7.89. The van der Waals surface area contributed by atoms with Crippen LogP contribution >= 0.6 is 0 Å². The van der Waals surface area contributed by atoms with Crippen molar-refractivity contribution in [3.8, 4) is 0 Å². The van der Waals surface area contributed by atoms with Crippen molar-refractivity contribution in [1.82, 2.24) is 9.62 Å². The van der Waals surface area contributed by atoms with E-state index in [9.17, 15) is 17.6 Å². The quantitative estimate of drug-likeness (QED) is 0.869. The lowest BCUT2D eigenvalue weighted by Gasteiger charge is -2.21. The molecule has 0 saturated heterocycles. The first-order chi connectivity index (χ1) is 12.0. The third kappa shape index (κ3) is 5.37. The molecule has 2 rings (SSSR count). The van der Waals surface area contributed by atoms with E-state index in [1.807, 2.05) is 0 Å². The van der Waals surface area contributed by atoms with Crippen LogP contribution in [0, 0.1) is 5.82 Å². The topological polar surface area (TPSA) is 66.5 Å². The Labute approximate surface area is 153 Å². The van der Waals surface area contributed by atoms with Crippen LogP contribution in [0.25, 0.3) is 0 Å². The maximum Gasteiger partial charge on any atom is 0.253 e. The zero-order valence-electron chi connectivity index (χ0n) is 15.3. The van der Waals surface area contributed by atoms with Crippen molar-refractivity contribution in [3.05, 3.63) is 65.5 Å². The maximum absolute atomic E-state index is 13.2. The SMILES string of the molecule is CN(Cc1cccc(F)c1)C(=O)c1ccc(S(=O)(=O)NC(C)(C)C)cc1. The standard InChI is InChI=1S/C19H23FN2O3S/c1-19(2,3)21-26(24,25)17-10-8-15(9-11-17)18(23)22(4)13-14-6-5-7-16(20)12-14/h5-12,21H,13H2,1-4H3. The van der Waals surface area contributed by atoms with Gasteiger partial charge in [-0.15, -0.1) is 0 Å². The van der Waals surface area contributed by atoms with Gasteiger partial charge in [-0.3, -0.25) is 4.79 Å². The Bertz CT molecular complexity index is 888. The molecule has 0 aliphatic rings. The van der Waals surface area contributed by atoms with E-state index in [0.717, 1.165) is 0 Å². The summed E-state index contributed by atoms with van der Waals surface area (Å²) in [4.78, 5) is 14.0. The molecule has 1 amide bonds. The van der Waals surface area contributed by atoms with E-state index in [2.05, 4.69) is 4.72 Å². The summed E-state index contributed by atoms with van der Waals surface area (Å²) in [6.07, 6.45) is 0. The second-order valence-corrected chi connectivity index (χ2v) is 8.85. The highest BCUT2D eigenvalue weighted by Crippen LogP contribution is 2.15. The Morgan fingerprint density at radius 3 is 2.27 bits per heavy atom. The minimum Gasteiger partial charge on any atom is -0.337 e. The van der Waals surface area contributed by atoms with Gasteiger partial charge < -0.3 is 4.90 Å². The zero-order chi connectivity index (χ0) is 19.5. The van der Waals surface area contributed by atoms with E-state index in [1.54, 1.807) is 40.0 Å². The predicted molar refractivity (Wildman–Crippen MR) is 98.7 cm³/mol. The number of rotatable bonds is 5. The monoisotopic (exact) mass is 378 g/mol. The average Bonchev–Trinajstić information content (AvgIpc) is 2.52. The third-order valence-corrected chi connectivity index (χ3v) is 5.28. The third-order valence-electron chi connectivity index (χ3n) is 3.51. The Kier molecular flexibility index (Phi) is 5.83. The number of amides is 1. The number of carbonyl (C=O) groups excluding carboxylic acids is 1. The second-order valence-electron chi connectivity index (χ2n) is 7.17. The summed E-state index contributed by atoms with van der Waals surface area (Å²) in [5, 5.41) is 0. The molecule has 0 aliphatic heterocycles. The van der Waals surface area contributed by atoms with Crippen molar-refractivity contribution < 1.29 is 17.6 Å². The van der Waals surface area contributed by atoms with Gasteiger partial charge in [-0.2, -0.15) is 0 Å². The van der Waals surface area contributed by atoms with E-state index in [4.69, 9.17) is 0 Å². The van der Waals surface area contributed by atoms with Crippen LogP contribution in [-0.2, 0) is 16.6 Å². The van der Waals surface area contributed by atoms with Crippen LogP contribution in [0.1, 0.15) is 36.7 Å². The molecule has 5 nitrogen and oxygen atoms in total. The van der Waals surface area contributed by atoms with Gasteiger partial charge in [0.15, 0.2) is 0 Å². The lowest BCUT2D eigenvalue weighted by Crippen LogP contribution is -2.40. The molecule has 0 fully saturated rings. The van der Waals surface area contributed by atoms with Crippen LogP contribution in [0.5, 0.6) is 0 Å². The van der Waals surface area contributed by atoms with Crippen LogP contribution in [0.3, 0.4) is 0 Å². The molecule has 26 heavy (non-hydrogen) atoms. The number of sulfonamides is 1. The summed E-state index contributed by atoms with van der Waals surface area (Å²) in [5.41, 5.74) is 0.437. The highest BCUT2D eigenvalue weighted by Gasteiger charge is 2.22. The Morgan fingerprint density at radius 2 is 1.73 bits per heavy atom. The van der Waals surface area contributed by atoms with Crippen molar-refractivity contribution >= 4 is 15.9 Å². The molecule has 0 bridgehead atoms. The van der Waals surface area contributed by atoms with Gasteiger partial charge in [-0.05, 0) is 62.7 Å². The summed E-state index contributed by atoms with van der Waals surface area (Å²) in [7, 11) is -2.04. The van der Waals surface area contributed by atoms with Gasteiger partial charge in [0, 0.05) is 24.7 Å². The lowest BCUT2D eigenvalue weighted by atomic mass is 10.1. The molecule has 0 radical (unpaired) electrons. The summed E-state index contributed by atoms with van der Waals surface area (Å²) >= 11 is 0. The number of benzene rings is 2. The van der Waals surface area contributed by atoms with Gasteiger partial charge in [-0.25, -0.2) is 17.5 Å². The van der Waals surface area contributed by atoms with Crippen LogP contribution in [0.2, 0.25) is 0 Å². The normalized spacial score (nSPS) is 12.0. The smallest absolute Gasteiger partial charge is 0.253 e. The molecule has 0 atom stereocenters. The molecule has 0 spiro atoms. The molecular formula is C19H23FN2O3S. The van der Waals surface area contributed by atoms with Gasteiger partial charge in [0.25, 0.3) is 5.91 Å². The minimum absolute atomic E-state index is 0.0942. The summed E-state index contributed by atoms with van der Waals surface area (Å²) < 4.78 is 40.4. The van der Waals surface area contributed by atoms with E-state index in [1.165, 1.54) is 41.3 Å². The summed E-state index contributed by atoms with van der Waals surface area (Å²) in [6.45, 7) is 5.51. The lowest BCUT2D eigenvalue weighted by molar-refractivity contribution is 0.0785. The Hall–Kier alpha value is -2.25. The van der Waals surface area contributed by atoms with Crippen LogP contribution in [0.15, 0.2) is 53.4 Å². The first-order valence-electron chi connectivity index (χ1n) is 8.12. The Morgan fingerprint density at radius 1 is 1.12 bits per heavy atom. The average molecular weight is 378 g/mol. The van der Waals surface area contributed by atoms with Gasteiger partial charge >= 0.3 is 0 Å². The van der Waals surface area contributed by atoms with Crippen molar-refractivity contribution in [2.24, 2.45) is 0 Å². The number of hydrogen-bond donors (Lipinski definition) is 1. The molecule has 0 saturated carbocycles. The molecule has 0 aromatic heterocycles. The Balaban J connectivity index is 2.13. The molecule has 1 N–H and O–H groups in total. The molecular weight excluding hydrogens is 355 g/mol. The van der Waals surface area contributed by atoms with Crippen LogP contribution in [0.4, 0.5) is 4.39 Å². The number of carbonyl (C=O) groups is 1. The van der Waals surface area contributed by atoms with E-state index >= 15 is 0 Å². The summed E-state index contributed by atoms with van der Waals surface area (Å²) in [5.74, 6) is -0.633. The number of hydrogen-bond acceptors (Lipinski definition) is 3. The van der Waals surface area contributed by atoms with Gasteiger partial charge in [0.1, 0.15) is 5.82 Å². The fourth-order valence-corrected chi connectivity index (χ4v) is 3.86. The largest absolute Gasteiger partial charge is 0.337 e. The fourth-order valence-electron chi connectivity index (χ4n) is 2.44. The summed E-state index contributed by atoms with van der Waals surface area (Å²) in [6, 6.07) is 11.8. The molecule has 7 heteroatoms. The predicted octanol–water partition coefficient (Wildman–Crippen LogP) is 3.17. The molecule has 0 heterocycles. The number of nitrogens with zero attached hydrogens (tertiary/aromatic N) is 1. The highest BCUT2D eigenvalue weighted by atomic mass is 32.2. The van der Waals surface area contributed by atoms with Gasteiger partial charge in [0.2, 0.25) is 10.0 Å². The minimum atomic E-state index is -3.65. The first kappa shape index (κ1) is 20.1. The second kappa shape index (κ2) is 7.55. The van der Waals surface area contributed by atoms with E-state index in [0.29, 0.717) is 11.1 Å². The molecule has 0 aliphatic carbocycles. The maximum atomic E-state index is 13.2. The molecule has 140 valence electrons. The molecule has 0 unspecified atom stereocenters. The first-order valence-corrected chi connectivity index (χ1v) is 9.60. The molecule has 2 aromatic carbocycles. The number of halogens is 1. The van der Waals surface area contributed by atoms with Gasteiger partial charge in [-0.1, -0.05) is 12.1 Å². The van der Waals surface area contributed by atoms with E-state index < -0.39 is 15.6 Å². The van der Waals surface area contributed by atoms with Crippen LogP contribution < -0.4 is 4.72 Å². The number of nitrogens with one attached hydrogen (secondary N) is 1. The van der Waals surface area contributed by atoms with Crippen molar-refractivity contribution in [1.29, 1.82) is 0 Å². The molecule has 2 aromatic rings. The zero-order valence-corrected chi connectivity index (χ0v) is 16.1. The van der Waals surface area contributed by atoms with Crippen LogP contribution in [-0.4, -0.2) is 31.8 Å². The van der Waals surface area contributed by atoms with Crippen molar-refractivity contribution in [3.63, 3.8) is 0 Å². The van der Waals surface area contributed by atoms with Gasteiger partial charge in [0.05, 0.1) is 4.90 Å².